The molecule has 1 fully saturated rings. The number of aromatic nitrogens is 3. The summed E-state index contributed by atoms with van der Waals surface area (Å²) in [6.45, 7) is 12.3. The van der Waals surface area contributed by atoms with Crippen LogP contribution in [0.4, 0.5) is 23.3 Å². The highest BCUT2D eigenvalue weighted by molar-refractivity contribution is 6.07. The SMILES string of the molecule is CCC(CC)N1C(=O)C(C)(C)c2cnc(Nc3ccc(N4CCN(C)CC4)cn3)nc21. The summed E-state index contributed by atoms with van der Waals surface area (Å²) in [5, 5.41) is 3.21. The lowest BCUT2D eigenvalue weighted by Crippen LogP contribution is -2.44. The van der Waals surface area contributed by atoms with E-state index in [1.807, 2.05) is 31.0 Å². The van der Waals surface area contributed by atoms with Gasteiger partial charge in [-0.25, -0.2) is 9.97 Å². The molecule has 0 atom stereocenters. The topological polar surface area (TPSA) is 77.5 Å². The first-order chi connectivity index (χ1) is 14.8. The fraction of sp³-hybridized carbons (Fsp3) is 0.565. The first-order valence-electron chi connectivity index (χ1n) is 11.2. The molecule has 0 spiro atoms. The summed E-state index contributed by atoms with van der Waals surface area (Å²) < 4.78 is 0. The largest absolute Gasteiger partial charge is 0.368 e. The highest BCUT2D eigenvalue weighted by Gasteiger charge is 2.47. The predicted octanol–water partition coefficient (Wildman–Crippen LogP) is 3.18. The van der Waals surface area contributed by atoms with Crippen LogP contribution < -0.4 is 15.1 Å². The van der Waals surface area contributed by atoms with E-state index in [1.54, 1.807) is 6.20 Å². The second-order valence-corrected chi connectivity index (χ2v) is 9.02. The number of fused-ring (bicyclic) bond motifs is 1. The first-order valence-corrected chi connectivity index (χ1v) is 11.2. The third-order valence-corrected chi connectivity index (χ3v) is 6.59. The molecule has 2 aromatic heterocycles. The van der Waals surface area contributed by atoms with Crippen molar-refractivity contribution >= 4 is 29.2 Å². The van der Waals surface area contributed by atoms with E-state index in [9.17, 15) is 4.79 Å². The molecule has 0 bridgehead atoms. The van der Waals surface area contributed by atoms with E-state index in [2.05, 4.69) is 52.0 Å². The lowest BCUT2D eigenvalue weighted by atomic mass is 9.88. The van der Waals surface area contributed by atoms with E-state index in [0.717, 1.165) is 56.1 Å². The summed E-state index contributed by atoms with van der Waals surface area (Å²) in [7, 11) is 2.15. The summed E-state index contributed by atoms with van der Waals surface area (Å²) in [4.78, 5) is 33.5. The van der Waals surface area contributed by atoms with E-state index < -0.39 is 5.41 Å². The first kappa shape index (κ1) is 21.5. The predicted molar refractivity (Wildman–Crippen MR) is 124 cm³/mol. The molecule has 8 nitrogen and oxygen atoms in total. The minimum absolute atomic E-state index is 0.0947. The van der Waals surface area contributed by atoms with Gasteiger partial charge in [-0.1, -0.05) is 13.8 Å². The van der Waals surface area contributed by atoms with Gasteiger partial charge < -0.3 is 15.1 Å². The van der Waals surface area contributed by atoms with Crippen molar-refractivity contribution < 1.29 is 4.79 Å². The number of likely N-dealkylation sites (N-methyl/N-ethyl adjacent to an activating group) is 1. The van der Waals surface area contributed by atoms with Gasteiger partial charge in [-0.3, -0.25) is 9.69 Å². The van der Waals surface area contributed by atoms with Crippen LogP contribution in [-0.4, -0.2) is 65.0 Å². The van der Waals surface area contributed by atoms with Gasteiger partial charge in [0, 0.05) is 44.0 Å². The molecule has 1 amide bonds. The van der Waals surface area contributed by atoms with Crippen LogP contribution in [0.5, 0.6) is 0 Å². The Labute approximate surface area is 184 Å². The molecule has 2 aliphatic heterocycles. The molecule has 0 saturated carbocycles. The molecule has 2 aromatic rings. The average Bonchev–Trinajstić information content (AvgIpc) is 2.96. The van der Waals surface area contributed by atoms with Crippen LogP contribution in [0.2, 0.25) is 0 Å². The highest BCUT2D eigenvalue weighted by Crippen LogP contribution is 2.42. The zero-order chi connectivity index (χ0) is 22.2. The average molecular weight is 424 g/mol. The van der Waals surface area contributed by atoms with Gasteiger partial charge in [0.2, 0.25) is 11.9 Å². The van der Waals surface area contributed by atoms with Crippen molar-refractivity contribution in [3.63, 3.8) is 0 Å². The molecule has 2 aliphatic rings. The number of carbonyl (C=O) groups is 1. The Hall–Kier alpha value is -2.74. The van der Waals surface area contributed by atoms with E-state index >= 15 is 0 Å². The molecule has 4 rings (SSSR count). The van der Waals surface area contributed by atoms with Crippen LogP contribution >= 0.6 is 0 Å². The molecule has 166 valence electrons. The van der Waals surface area contributed by atoms with Gasteiger partial charge in [-0.05, 0) is 45.9 Å². The zero-order valence-corrected chi connectivity index (χ0v) is 19.2. The molecule has 1 saturated heterocycles. The molecule has 0 radical (unpaired) electrons. The van der Waals surface area contributed by atoms with Crippen LogP contribution in [0, 0.1) is 0 Å². The Bertz CT molecular complexity index is 931. The second-order valence-electron chi connectivity index (χ2n) is 9.02. The number of piperazine rings is 1. The Morgan fingerprint density at radius 2 is 1.77 bits per heavy atom. The number of nitrogens with zero attached hydrogens (tertiary/aromatic N) is 6. The van der Waals surface area contributed by atoms with E-state index in [0.29, 0.717) is 11.8 Å². The Kier molecular flexibility index (Phi) is 5.83. The van der Waals surface area contributed by atoms with Crippen LogP contribution in [0.3, 0.4) is 0 Å². The number of rotatable bonds is 6. The fourth-order valence-electron chi connectivity index (χ4n) is 4.39. The number of carbonyl (C=O) groups excluding carboxylic acids is 1. The number of pyridine rings is 1. The van der Waals surface area contributed by atoms with Crippen molar-refractivity contribution in [3.05, 3.63) is 30.1 Å². The summed E-state index contributed by atoms with van der Waals surface area (Å²) in [5.41, 5.74) is 1.40. The van der Waals surface area contributed by atoms with Crippen molar-refractivity contribution in [1.82, 2.24) is 19.9 Å². The minimum Gasteiger partial charge on any atom is -0.368 e. The van der Waals surface area contributed by atoms with Crippen LogP contribution in [0.1, 0.15) is 46.1 Å². The molecule has 8 heteroatoms. The Morgan fingerprint density at radius 3 is 2.39 bits per heavy atom. The van der Waals surface area contributed by atoms with Gasteiger partial charge in [-0.2, -0.15) is 4.98 Å². The van der Waals surface area contributed by atoms with Crippen LogP contribution in [-0.2, 0) is 10.2 Å². The maximum atomic E-state index is 13.1. The highest BCUT2D eigenvalue weighted by atomic mass is 16.2. The summed E-state index contributed by atoms with van der Waals surface area (Å²) in [6.07, 6.45) is 5.45. The molecule has 1 N–H and O–H groups in total. The fourth-order valence-corrected chi connectivity index (χ4v) is 4.39. The molecule has 0 aromatic carbocycles. The standard InChI is InChI=1S/C23H33N7O/c1-6-16(7-2)30-20-18(23(3,4)21(30)31)15-25-22(27-20)26-19-9-8-17(14-24-19)29-12-10-28(5)11-13-29/h8-9,14-16H,6-7,10-13H2,1-5H3,(H,24,25,26,27). The van der Waals surface area contributed by atoms with Gasteiger partial charge in [0.25, 0.3) is 0 Å². The van der Waals surface area contributed by atoms with Crippen LogP contribution in [0.15, 0.2) is 24.5 Å². The number of amides is 1. The van der Waals surface area contributed by atoms with Crippen molar-refractivity contribution in [2.45, 2.75) is 52.0 Å². The molecular formula is C23H33N7O. The number of hydrogen-bond acceptors (Lipinski definition) is 7. The van der Waals surface area contributed by atoms with Gasteiger partial charge >= 0.3 is 0 Å². The second kappa shape index (κ2) is 8.42. The molecule has 31 heavy (non-hydrogen) atoms. The van der Waals surface area contributed by atoms with Gasteiger partial charge in [-0.15, -0.1) is 0 Å². The third kappa shape index (κ3) is 3.96. The zero-order valence-electron chi connectivity index (χ0n) is 19.2. The number of hydrogen-bond donors (Lipinski definition) is 1. The third-order valence-electron chi connectivity index (χ3n) is 6.59. The summed E-state index contributed by atoms with van der Waals surface area (Å²) >= 11 is 0. The maximum Gasteiger partial charge on any atom is 0.238 e. The molecule has 0 aliphatic carbocycles. The summed E-state index contributed by atoms with van der Waals surface area (Å²) in [6, 6.07) is 4.17. The smallest absolute Gasteiger partial charge is 0.238 e. The Morgan fingerprint density at radius 1 is 1.06 bits per heavy atom. The molecular weight excluding hydrogens is 390 g/mol. The number of nitrogens with one attached hydrogen (secondary N) is 1. The van der Waals surface area contributed by atoms with Gasteiger partial charge in [0.05, 0.1) is 17.3 Å². The quantitative estimate of drug-likeness (QED) is 0.765. The van der Waals surface area contributed by atoms with E-state index in [-0.39, 0.29) is 11.9 Å². The summed E-state index contributed by atoms with van der Waals surface area (Å²) in [5.74, 6) is 1.96. The van der Waals surface area contributed by atoms with Gasteiger partial charge in [0.15, 0.2) is 0 Å². The van der Waals surface area contributed by atoms with Crippen molar-refractivity contribution in [3.8, 4) is 0 Å². The molecule has 4 heterocycles. The molecule has 0 unspecified atom stereocenters. The van der Waals surface area contributed by atoms with Crippen molar-refractivity contribution in [2.24, 2.45) is 0 Å². The normalized spacial score (nSPS) is 18.6. The Balaban J connectivity index is 1.55. The lowest BCUT2D eigenvalue weighted by molar-refractivity contribution is -0.122. The van der Waals surface area contributed by atoms with Crippen molar-refractivity contribution in [1.29, 1.82) is 0 Å². The number of anilines is 4. The maximum absolute atomic E-state index is 13.1. The lowest BCUT2D eigenvalue weighted by Gasteiger charge is -2.33. The van der Waals surface area contributed by atoms with Crippen molar-refractivity contribution in [2.75, 3.05) is 48.3 Å². The minimum atomic E-state index is -0.612. The van der Waals surface area contributed by atoms with Gasteiger partial charge in [0.1, 0.15) is 11.6 Å². The monoisotopic (exact) mass is 423 g/mol. The van der Waals surface area contributed by atoms with Crippen LogP contribution in [0.25, 0.3) is 0 Å². The van der Waals surface area contributed by atoms with E-state index in [4.69, 9.17) is 4.98 Å². The van der Waals surface area contributed by atoms with E-state index in [1.165, 1.54) is 0 Å².